The minimum atomic E-state index is -0.829. The molecule has 13 heteroatoms. The minimum absolute atomic E-state index is 0.206. The second-order valence-corrected chi connectivity index (χ2v) is 9.21. The van der Waals surface area contributed by atoms with Gasteiger partial charge in [-0.25, -0.2) is 0 Å². The average molecular weight is 615 g/mol. The highest BCUT2D eigenvalue weighted by atomic mass is 16.6. The number of ether oxygens (including phenoxy) is 12. The van der Waals surface area contributed by atoms with Gasteiger partial charge in [-0.3, -0.25) is 0 Å². The summed E-state index contributed by atoms with van der Waals surface area (Å²) < 4.78 is 65.5. The van der Waals surface area contributed by atoms with Gasteiger partial charge in [0.05, 0.1) is 150 Å². The molecule has 0 aliphatic carbocycles. The summed E-state index contributed by atoms with van der Waals surface area (Å²) in [7, 11) is 4.89. The largest absolute Gasteiger partial charge is 0.392 e. The molecule has 0 bridgehead atoms. The van der Waals surface area contributed by atoms with E-state index >= 15 is 0 Å². The molecule has 0 aromatic heterocycles. The van der Waals surface area contributed by atoms with Crippen molar-refractivity contribution in [1.29, 1.82) is 0 Å². The Morgan fingerprint density at radius 3 is 0.929 bits per heavy atom. The molecule has 13 nitrogen and oxygen atoms in total. The van der Waals surface area contributed by atoms with Crippen LogP contribution in [0, 0.1) is 5.41 Å². The van der Waals surface area contributed by atoms with E-state index in [2.05, 4.69) is 6.58 Å². The van der Waals surface area contributed by atoms with Crippen molar-refractivity contribution >= 4 is 0 Å². The highest BCUT2D eigenvalue weighted by Gasteiger charge is 2.39. The molecule has 0 aliphatic heterocycles. The number of hydrogen-bond donors (Lipinski definition) is 1. The lowest BCUT2D eigenvalue weighted by atomic mass is 9.82. The van der Waals surface area contributed by atoms with Gasteiger partial charge >= 0.3 is 0 Å². The molecule has 0 amide bonds. The second-order valence-electron chi connectivity index (χ2n) is 9.21. The molecule has 1 N–H and O–H groups in total. The van der Waals surface area contributed by atoms with Gasteiger partial charge in [0.15, 0.2) is 0 Å². The third-order valence-electron chi connectivity index (χ3n) is 5.79. The van der Waals surface area contributed by atoms with Gasteiger partial charge in [-0.1, -0.05) is 6.08 Å². The van der Waals surface area contributed by atoms with Crippen molar-refractivity contribution in [2.24, 2.45) is 5.41 Å². The van der Waals surface area contributed by atoms with Gasteiger partial charge in [0.1, 0.15) is 0 Å². The highest BCUT2D eigenvalue weighted by molar-refractivity contribution is 4.91. The van der Waals surface area contributed by atoms with Crippen molar-refractivity contribution in [3.63, 3.8) is 0 Å². The molecule has 252 valence electrons. The summed E-state index contributed by atoms with van der Waals surface area (Å²) in [5, 5.41) is 11.1. The first-order valence-corrected chi connectivity index (χ1v) is 14.6. The molecule has 1 atom stereocenters. The van der Waals surface area contributed by atoms with Crippen LogP contribution in [0.1, 0.15) is 6.42 Å². The van der Waals surface area contributed by atoms with Gasteiger partial charge in [0.25, 0.3) is 0 Å². The second kappa shape index (κ2) is 33.1. The summed E-state index contributed by atoms with van der Waals surface area (Å²) >= 11 is 0. The number of hydrogen-bond acceptors (Lipinski definition) is 13. The van der Waals surface area contributed by atoms with Crippen LogP contribution < -0.4 is 0 Å². The fourth-order valence-electron chi connectivity index (χ4n) is 3.39. The summed E-state index contributed by atoms with van der Waals surface area (Å²) in [4.78, 5) is 0. The zero-order valence-corrected chi connectivity index (χ0v) is 26.3. The zero-order valence-electron chi connectivity index (χ0n) is 26.3. The number of aliphatic hydroxyl groups is 1. The van der Waals surface area contributed by atoms with Crippen molar-refractivity contribution in [2.75, 3.05) is 160 Å². The minimum Gasteiger partial charge on any atom is -0.392 e. The fourth-order valence-corrected chi connectivity index (χ4v) is 3.39. The number of aliphatic hydroxyl groups excluding tert-OH is 1. The third kappa shape index (κ3) is 25.7. The molecule has 0 rings (SSSR count). The van der Waals surface area contributed by atoms with E-state index in [-0.39, 0.29) is 19.8 Å². The Bertz CT molecular complexity index is 482. The predicted octanol–water partition coefficient (Wildman–Crippen LogP) is 0.998. The highest BCUT2D eigenvalue weighted by Crippen LogP contribution is 2.27. The predicted molar refractivity (Wildman–Crippen MR) is 156 cm³/mol. The number of rotatable bonds is 36. The van der Waals surface area contributed by atoms with Crippen LogP contribution in [0.15, 0.2) is 12.7 Å². The normalized spacial score (nSPS) is 12.7. The SMILES string of the molecule is C=CCC(O)C(COCCOCCOCCOC)(COCCOCCOCCOC)COCCOCCOCCOC. The maximum absolute atomic E-state index is 11.1. The van der Waals surface area contributed by atoms with Crippen molar-refractivity contribution in [2.45, 2.75) is 12.5 Å². The monoisotopic (exact) mass is 614 g/mol. The third-order valence-corrected chi connectivity index (χ3v) is 5.79. The lowest BCUT2D eigenvalue weighted by molar-refractivity contribution is -0.137. The molecule has 0 saturated carbocycles. The Morgan fingerprint density at radius 2 is 0.690 bits per heavy atom. The van der Waals surface area contributed by atoms with E-state index in [0.717, 1.165) is 0 Å². The fraction of sp³-hybridized carbons (Fsp3) is 0.931. The summed E-state index contributed by atoms with van der Waals surface area (Å²) in [5.41, 5.74) is -0.829. The zero-order chi connectivity index (χ0) is 30.8. The van der Waals surface area contributed by atoms with E-state index in [9.17, 15) is 5.11 Å². The topological polar surface area (TPSA) is 131 Å². The first-order valence-electron chi connectivity index (χ1n) is 14.6. The molecule has 0 aromatic rings. The summed E-state index contributed by atoms with van der Waals surface area (Å²) in [6.07, 6.45) is 1.23. The van der Waals surface area contributed by atoms with Gasteiger partial charge in [-0.2, -0.15) is 0 Å². The molecule has 0 heterocycles. The maximum atomic E-state index is 11.1. The van der Waals surface area contributed by atoms with Crippen molar-refractivity contribution in [3.05, 3.63) is 12.7 Å². The first kappa shape index (κ1) is 41.2. The molecular formula is C29H58O13. The average Bonchev–Trinajstić information content (AvgIpc) is 2.99. The Balaban J connectivity index is 4.66. The summed E-state index contributed by atoms with van der Waals surface area (Å²) in [6.45, 7) is 12.7. The van der Waals surface area contributed by atoms with Gasteiger partial charge in [-0.05, 0) is 6.42 Å². The molecule has 0 fully saturated rings. The number of methoxy groups -OCH3 is 3. The van der Waals surface area contributed by atoms with Crippen LogP contribution in [0.3, 0.4) is 0 Å². The molecule has 1 unspecified atom stereocenters. The van der Waals surface area contributed by atoms with Crippen molar-refractivity contribution < 1.29 is 61.9 Å². The van der Waals surface area contributed by atoms with Gasteiger partial charge in [-0.15, -0.1) is 6.58 Å². The molecule has 0 aliphatic rings. The standard InChI is InChI=1S/C29H58O13/c1-5-6-28(30)29(25-40-22-19-37-16-13-34-10-7-31-2,26-41-23-20-38-17-14-35-11-8-32-3)27-42-24-21-39-18-15-36-12-9-33-4/h5,28,30H,1,6-27H2,2-4H3. The van der Waals surface area contributed by atoms with Crippen molar-refractivity contribution in [1.82, 2.24) is 0 Å². The van der Waals surface area contributed by atoms with Crippen LogP contribution in [0.4, 0.5) is 0 Å². The molecular weight excluding hydrogens is 556 g/mol. The molecule has 0 saturated heterocycles. The molecule has 0 aromatic carbocycles. The van der Waals surface area contributed by atoms with E-state index in [1.807, 2.05) is 0 Å². The smallest absolute Gasteiger partial charge is 0.0701 e. The van der Waals surface area contributed by atoms with Crippen LogP contribution in [-0.2, 0) is 56.8 Å². The molecule has 0 radical (unpaired) electrons. The quantitative estimate of drug-likeness (QED) is 0.0796. The summed E-state index contributed by atoms with van der Waals surface area (Å²) in [6, 6.07) is 0. The van der Waals surface area contributed by atoms with E-state index in [4.69, 9.17) is 56.8 Å². The van der Waals surface area contributed by atoms with Crippen LogP contribution >= 0.6 is 0 Å². The maximum Gasteiger partial charge on any atom is 0.0701 e. The lowest BCUT2D eigenvalue weighted by Crippen LogP contribution is -2.47. The summed E-state index contributed by atoms with van der Waals surface area (Å²) in [5.74, 6) is 0. The van der Waals surface area contributed by atoms with E-state index in [0.29, 0.717) is 125 Å². The van der Waals surface area contributed by atoms with E-state index in [1.165, 1.54) is 0 Å². The van der Waals surface area contributed by atoms with Gasteiger partial charge in [0.2, 0.25) is 0 Å². The van der Waals surface area contributed by atoms with Crippen LogP contribution in [-0.4, -0.2) is 171 Å². The lowest BCUT2D eigenvalue weighted by Gasteiger charge is -2.37. The Morgan fingerprint density at radius 1 is 0.452 bits per heavy atom. The Hall–Kier alpha value is -0.780. The molecule has 0 spiro atoms. The van der Waals surface area contributed by atoms with Crippen LogP contribution in [0.25, 0.3) is 0 Å². The van der Waals surface area contributed by atoms with E-state index in [1.54, 1.807) is 27.4 Å². The molecule has 42 heavy (non-hydrogen) atoms. The van der Waals surface area contributed by atoms with E-state index < -0.39 is 11.5 Å². The van der Waals surface area contributed by atoms with Crippen molar-refractivity contribution in [3.8, 4) is 0 Å². The Kier molecular flexibility index (Phi) is 32.5. The van der Waals surface area contributed by atoms with Gasteiger partial charge in [0, 0.05) is 21.3 Å². The van der Waals surface area contributed by atoms with Gasteiger partial charge < -0.3 is 61.9 Å². The first-order chi connectivity index (χ1) is 20.7. The Labute approximate surface area is 252 Å². The van der Waals surface area contributed by atoms with Crippen LogP contribution in [0.2, 0.25) is 0 Å². The van der Waals surface area contributed by atoms with Crippen LogP contribution in [0.5, 0.6) is 0 Å².